The average molecular weight is 379 g/mol. The van der Waals surface area contributed by atoms with E-state index in [2.05, 4.69) is 10.3 Å². The molecule has 2 N–H and O–H groups in total. The molecular formula is C16H17N3O4S2. The summed E-state index contributed by atoms with van der Waals surface area (Å²) in [6.45, 7) is 0.405. The minimum Gasteiger partial charge on any atom is -0.379 e. The van der Waals surface area contributed by atoms with Gasteiger partial charge in [-0.2, -0.15) is 0 Å². The number of carbonyl (C=O) groups excluding carboxylic acids is 1. The fourth-order valence-corrected chi connectivity index (χ4v) is 4.68. The number of thiazole rings is 1. The maximum absolute atomic E-state index is 12.2. The van der Waals surface area contributed by atoms with Crippen LogP contribution in [-0.2, 0) is 26.0 Å². The third kappa shape index (κ3) is 3.94. The lowest BCUT2D eigenvalue weighted by Gasteiger charge is -2.06. The molecular weight excluding hydrogens is 362 g/mol. The number of anilines is 1. The largest absolute Gasteiger partial charge is 0.379 e. The van der Waals surface area contributed by atoms with Gasteiger partial charge in [-0.15, -0.1) is 0 Å². The summed E-state index contributed by atoms with van der Waals surface area (Å²) >= 11 is 1.27. The second kappa shape index (κ2) is 7.03. The van der Waals surface area contributed by atoms with E-state index >= 15 is 0 Å². The van der Waals surface area contributed by atoms with Crippen LogP contribution in [0, 0.1) is 5.41 Å². The summed E-state index contributed by atoms with van der Waals surface area (Å²) in [7, 11) is -1.70. The molecule has 1 aliphatic rings. The maximum atomic E-state index is 12.2. The van der Waals surface area contributed by atoms with Gasteiger partial charge in [-0.05, 0) is 25.0 Å². The lowest BCUT2D eigenvalue weighted by atomic mass is 10.1. The molecule has 0 aliphatic heterocycles. The maximum Gasteiger partial charge on any atom is 0.275 e. The molecule has 7 nitrogen and oxygen atoms in total. The van der Waals surface area contributed by atoms with Crippen molar-refractivity contribution in [2.24, 2.45) is 0 Å². The van der Waals surface area contributed by atoms with Crippen LogP contribution >= 0.6 is 11.3 Å². The number of nitrogens with zero attached hydrogens (tertiary/aromatic N) is 1. The first kappa shape index (κ1) is 17.7. The van der Waals surface area contributed by atoms with Crippen LogP contribution in [-0.4, -0.2) is 37.4 Å². The highest BCUT2D eigenvalue weighted by molar-refractivity contribution is 7.92. The van der Waals surface area contributed by atoms with E-state index in [1.165, 1.54) is 35.6 Å². The highest BCUT2D eigenvalue weighted by atomic mass is 32.2. The van der Waals surface area contributed by atoms with Gasteiger partial charge in [0.25, 0.3) is 5.91 Å². The van der Waals surface area contributed by atoms with Crippen LogP contribution in [0.15, 0.2) is 35.4 Å². The Balaban J connectivity index is 1.68. The Hall–Kier alpha value is -2.10. The number of methoxy groups -OCH3 is 1. The number of rotatable bonds is 7. The number of nitrogens with one attached hydrogen (secondary N) is 2. The van der Waals surface area contributed by atoms with E-state index < -0.39 is 15.7 Å². The third-order valence-electron chi connectivity index (χ3n) is 3.72. The zero-order valence-corrected chi connectivity index (χ0v) is 15.1. The van der Waals surface area contributed by atoms with E-state index in [1.807, 2.05) is 0 Å². The Labute approximate surface area is 149 Å². The lowest BCUT2D eigenvalue weighted by Crippen LogP contribution is -2.22. The van der Waals surface area contributed by atoms with Gasteiger partial charge in [0.2, 0.25) is 0 Å². The number of ether oxygens (including phenoxy) is 1. The van der Waals surface area contributed by atoms with E-state index in [1.54, 1.807) is 13.3 Å². The van der Waals surface area contributed by atoms with Gasteiger partial charge in [-0.3, -0.25) is 15.5 Å². The predicted octanol–water partition coefficient (Wildman–Crippen LogP) is 2.23. The average Bonchev–Trinajstić information content (AvgIpc) is 3.38. The standard InChI is InChI=1S/C16H17N3O4S2/c1-23-9-11-8-18-16(24-11)19-15(20)14(17)10-2-4-12(5-3-10)25(21,22)13-6-7-13/h2-5,8,13,17H,6-7,9H2,1H3,(H,18,19,20). The van der Waals surface area contributed by atoms with Crippen LogP contribution < -0.4 is 5.32 Å². The lowest BCUT2D eigenvalue weighted by molar-refractivity contribution is -0.110. The Morgan fingerprint density at radius 2 is 2.04 bits per heavy atom. The minimum atomic E-state index is -3.27. The highest BCUT2D eigenvalue weighted by Crippen LogP contribution is 2.33. The van der Waals surface area contributed by atoms with Gasteiger partial charge < -0.3 is 4.74 Å². The topological polar surface area (TPSA) is 109 Å². The molecule has 0 atom stereocenters. The molecule has 1 saturated carbocycles. The quantitative estimate of drug-likeness (QED) is 0.717. The van der Waals surface area contributed by atoms with E-state index in [0.29, 0.717) is 30.1 Å². The smallest absolute Gasteiger partial charge is 0.275 e. The molecule has 3 rings (SSSR count). The first-order valence-electron chi connectivity index (χ1n) is 7.59. The minimum absolute atomic E-state index is 0.232. The van der Waals surface area contributed by atoms with Crippen LogP contribution in [0.2, 0.25) is 0 Å². The first-order chi connectivity index (χ1) is 11.9. The van der Waals surface area contributed by atoms with Crippen molar-refractivity contribution in [3.63, 3.8) is 0 Å². The first-order valence-corrected chi connectivity index (χ1v) is 9.96. The van der Waals surface area contributed by atoms with Crippen molar-refractivity contribution < 1.29 is 17.9 Å². The summed E-state index contributed by atoms with van der Waals surface area (Å²) in [6.07, 6.45) is 2.99. The molecule has 1 aliphatic carbocycles. The summed E-state index contributed by atoms with van der Waals surface area (Å²) in [5.41, 5.74) is 0.0970. The van der Waals surface area contributed by atoms with Crippen molar-refractivity contribution >= 4 is 37.9 Å². The van der Waals surface area contributed by atoms with Gasteiger partial charge >= 0.3 is 0 Å². The van der Waals surface area contributed by atoms with Crippen LogP contribution in [0.25, 0.3) is 0 Å². The van der Waals surface area contributed by atoms with E-state index in [9.17, 15) is 13.2 Å². The number of aromatic nitrogens is 1. The van der Waals surface area contributed by atoms with Gasteiger partial charge in [0.15, 0.2) is 15.0 Å². The van der Waals surface area contributed by atoms with Gasteiger partial charge in [-0.25, -0.2) is 13.4 Å². The van der Waals surface area contributed by atoms with Gasteiger partial charge in [0.05, 0.1) is 21.6 Å². The van der Waals surface area contributed by atoms with Crippen molar-refractivity contribution in [3.05, 3.63) is 40.9 Å². The van der Waals surface area contributed by atoms with Crippen LogP contribution in [0.4, 0.5) is 5.13 Å². The van der Waals surface area contributed by atoms with Gasteiger partial charge in [0.1, 0.15) is 5.71 Å². The fraction of sp³-hybridized carbons (Fsp3) is 0.312. The zero-order chi connectivity index (χ0) is 18.0. The summed E-state index contributed by atoms with van der Waals surface area (Å²) in [6, 6.07) is 5.86. The second-order valence-corrected chi connectivity index (χ2v) is 9.01. The molecule has 0 unspecified atom stereocenters. The number of sulfone groups is 1. The Bertz CT molecular complexity index is 900. The summed E-state index contributed by atoms with van der Waals surface area (Å²) in [5.74, 6) is -0.601. The molecule has 25 heavy (non-hydrogen) atoms. The molecule has 1 amide bonds. The van der Waals surface area contributed by atoms with Crippen molar-refractivity contribution in [3.8, 4) is 0 Å². The molecule has 132 valence electrons. The monoisotopic (exact) mass is 379 g/mol. The molecule has 1 aromatic heterocycles. The third-order valence-corrected chi connectivity index (χ3v) is 6.89. The zero-order valence-electron chi connectivity index (χ0n) is 13.5. The molecule has 0 radical (unpaired) electrons. The molecule has 1 aromatic carbocycles. The summed E-state index contributed by atoms with van der Waals surface area (Å²) in [5, 5.41) is 10.6. The van der Waals surface area contributed by atoms with Crippen LogP contribution in [0.3, 0.4) is 0 Å². The summed E-state index contributed by atoms with van der Waals surface area (Å²) < 4.78 is 29.3. The highest BCUT2D eigenvalue weighted by Gasteiger charge is 2.36. The van der Waals surface area contributed by atoms with E-state index in [0.717, 1.165) is 4.88 Å². The van der Waals surface area contributed by atoms with E-state index in [-0.39, 0.29) is 15.9 Å². The number of carbonyl (C=O) groups is 1. The number of hydrogen-bond donors (Lipinski definition) is 2. The van der Waals surface area contributed by atoms with Crippen molar-refractivity contribution in [2.75, 3.05) is 12.4 Å². The van der Waals surface area contributed by atoms with Crippen LogP contribution in [0.5, 0.6) is 0 Å². The van der Waals surface area contributed by atoms with Crippen molar-refractivity contribution in [1.29, 1.82) is 5.41 Å². The predicted molar refractivity (Wildman–Crippen MR) is 94.9 cm³/mol. The molecule has 0 spiro atoms. The van der Waals surface area contributed by atoms with Crippen LogP contribution in [0.1, 0.15) is 23.3 Å². The second-order valence-electron chi connectivity index (χ2n) is 5.66. The molecule has 0 saturated heterocycles. The number of benzene rings is 1. The Morgan fingerprint density at radius 1 is 1.36 bits per heavy atom. The molecule has 0 bridgehead atoms. The van der Waals surface area contributed by atoms with Gasteiger partial charge in [0, 0.05) is 18.9 Å². The van der Waals surface area contributed by atoms with E-state index in [4.69, 9.17) is 10.1 Å². The Kier molecular flexibility index (Phi) is 4.98. The molecule has 1 heterocycles. The summed E-state index contributed by atoms with van der Waals surface area (Å²) in [4.78, 5) is 17.3. The SMILES string of the molecule is COCc1cnc(NC(=O)C(=N)c2ccc(S(=O)(=O)C3CC3)cc2)s1. The molecule has 9 heteroatoms. The van der Waals surface area contributed by atoms with Crippen molar-refractivity contribution in [2.45, 2.75) is 29.6 Å². The normalized spacial score (nSPS) is 14.3. The number of hydrogen-bond acceptors (Lipinski definition) is 7. The molecule has 1 fully saturated rings. The fourth-order valence-electron chi connectivity index (χ4n) is 2.25. The molecule has 2 aromatic rings. The number of amides is 1. The van der Waals surface area contributed by atoms with Gasteiger partial charge in [-0.1, -0.05) is 23.5 Å². The Morgan fingerprint density at radius 3 is 2.64 bits per heavy atom. The van der Waals surface area contributed by atoms with Crippen molar-refractivity contribution in [1.82, 2.24) is 4.98 Å².